The number of carbonyl (C=O) groups is 1. The van der Waals surface area contributed by atoms with Gasteiger partial charge in [0, 0.05) is 23.1 Å². The molecule has 1 heterocycles. The molecule has 5 heteroatoms. The summed E-state index contributed by atoms with van der Waals surface area (Å²) in [5, 5.41) is 3.55. The number of hydrogen-bond acceptors (Lipinski definition) is 3. The van der Waals surface area contributed by atoms with Crippen molar-refractivity contribution in [3.63, 3.8) is 0 Å². The quantitative estimate of drug-likeness (QED) is 0.618. The number of rotatable bonds is 7. The Morgan fingerprint density at radius 1 is 1.00 bits per heavy atom. The highest BCUT2D eigenvalue weighted by molar-refractivity contribution is 6.30. The lowest BCUT2D eigenvalue weighted by molar-refractivity contribution is -0.122. The van der Waals surface area contributed by atoms with Gasteiger partial charge in [-0.15, -0.1) is 0 Å². The molecule has 0 aliphatic carbocycles. The number of aromatic nitrogens is 1. The van der Waals surface area contributed by atoms with Crippen LogP contribution in [0.15, 0.2) is 73.1 Å². The highest BCUT2D eigenvalue weighted by Crippen LogP contribution is 2.19. The van der Waals surface area contributed by atoms with Crippen LogP contribution in [0.2, 0.25) is 5.02 Å². The molecule has 0 aliphatic rings. The molecule has 2 aromatic carbocycles. The van der Waals surface area contributed by atoms with Gasteiger partial charge < -0.3 is 10.1 Å². The Bertz CT molecular complexity index is 865. The second kappa shape index (κ2) is 9.19. The van der Waals surface area contributed by atoms with Crippen molar-refractivity contribution in [2.45, 2.75) is 25.9 Å². The van der Waals surface area contributed by atoms with Gasteiger partial charge in [0.1, 0.15) is 5.75 Å². The number of nitrogens with zero attached hydrogens (tertiary/aromatic N) is 1. The maximum atomic E-state index is 12.5. The molecule has 0 aliphatic heterocycles. The van der Waals surface area contributed by atoms with E-state index in [1.165, 1.54) is 11.1 Å². The van der Waals surface area contributed by atoms with Crippen molar-refractivity contribution < 1.29 is 9.53 Å². The van der Waals surface area contributed by atoms with E-state index < -0.39 is 6.10 Å². The van der Waals surface area contributed by atoms with Gasteiger partial charge in [0.25, 0.3) is 5.91 Å². The highest BCUT2D eigenvalue weighted by atomic mass is 35.5. The Labute approximate surface area is 164 Å². The molecule has 1 N–H and O–H groups in total. The topological polar surface area (TPSA) is 51.2 Å². The summed E-state index contributed by atoms with van der Waals surface area (Å²) in [5.41, 5.74) is 3.12. The number of carbonyl (C=O) groups excluding carboxylic acids is 1. The Kier molecular flexibility index (Phi) is 6.44. The molecule has 4 nitrogen and oxygen atoms in total. The second-order valence-corrected chi connectivity index (χ2v) is 6.62. The molecule has 1 atom stereocenters. The summed E-state index contributed by atoms with van der Waals surface area (Å²) in [6, 6.07) is 18.8. The summed E-state index contributed by atoms with van der Waals surface area (Å²) in [6.07, 6.45) is 4.40. The van der Waals surface area contributed by atoms with Crippen molar-refractivity contribution >= 4 is 23.2 Å². The summed E-state index contributed by atoms with van der Waals surface area (Å²) >= 11 is 5.88. The van der Waals surface area contributed by atoms with Crippen LogP contribution in [0.3, 0.4) is 0 Å². The van der Waals surface area contributed by atoms with Gasteiger partial charge in [-0.2, -0.15) is 0 Å². The van der Waals surface area contributed by atoms with Crippen LogP contribution in [-0.2, 0) is 11.2 Å². The second-order valence-electron chi connectivity index (χ2n) is 6.19. The van der Waals surface area contributed by atoms with Crippen molar-refractivity contribution in [2.75, 3.05) is 5.32 Å². The van der Waals surface area contributed by atoms with Crippen LogP contribution in [0.25, 0.3) is 0 Å². The third-order valence-corrected chi connectivity index (χ3v) is 4.39. The SMILES string of the molecule is CCC(Oc1ccc(Cl)cc1)C(=O)Nc1ccc(Cc2ccncc2)cc1. The molecule has 3 rings (SSSR count). The summed E-state index contributed by atoms with van der Waals surface area (Å²) < 4.78 is 5.78. The van der Waals surface area contributed by atoms with Gasteiger partial charge in [0.05, 0.1) is 0 Å². The highest BCUT2D eigenvalue weighted by Gasteiger charge is 2.18. The number of benzene rings is 2. The fraction of sp³-hybridized carbons (Fsp3) is 0.182. The Morgan fingerprint density at radius 2 is 1.63 bits per heavy atom. The lowest BCUT2D eigenvalue weighted by Crippen LogP contribution is -2.32. The Balaban J connectivity index is 1.59. The zero-order valence-electron chi connectivity index (χ0n) is 15.1. The summed E-state index contributed by atoms with van der Waals surface area (Å²) in [6.45, 7) is 1.91. The van der Waals surface area contributed by atoms with Gasteiger partial charge in [-0.25, -0.2) is 0 Å². The number of hydrogen-bond donors (Lipinski definition) is 1. The predicted octanol–water partition coefficient (Wildman–Crippen LogP) is 5.12. The fourth-order valence-electron chi connectivity index (χ4n) is 2.66. The molecule has 27 heavy (non-hydrogen) atoms. The molecular formula is C22H21ClN2O2. The van der Waals surface area contributed by atoms with E-state index in [0.29, 0.717) is 17.2 Å². The maximum absolute atomic E-state index is 12.5. The molecule has 1 aromatic heterocycles. The predicted molar refractivity (Wildman–Crippen MR) is 108 cm³/mol. The molecular weight excluding hydrogens is 360 g/mol. The number of anilines is 1. The van der Waals surface area contributed by atoms with Crippen molar-refractivity contribution in [2.24, 2.45) is 0 Å². The minimum atomic E-state index is -0.567. The third-order valence-electron chi connectivity index (χ3n) is 4.13. The molecule has 0 fully saturated rings. The van der Waals surface area contributed by atoms with Gasteiger partial charge >= 0.3 is 0 Å². The van der Waals surface area contributed by atoms with Crippen LogP contribution in [0.4, 0.5) is 5.69 Å². The van der Waals surface area contributed by atoms with Crippen molar-refractivity contribution in [1.29, 1.82) is 0 Å². The zero-order chi connectivity index (χ0) is 19.1. The first-order valence-electron chi connectivity index (χ1n) is 8.85. The van der Waals surface area contributed by atoms with Crippen LogP contribution in [0.5, 0.6) is 5.75 Å². The van der Waals surface area contributed by atoms with Crippen molar-refractivity contribution in [3.8, 4) is 5.75 Å². The summed E-state index contributed by atoms with van der Waals surface area (Å²) in [5.74, 6) is 0.448. The minimum absolute atomic E-state index is 0.172. The molecule has 0 saturated heterocycles. The molecule has 1 amide bonds. The number of pyridine rings is 1. The lowest BCUT2D eigenvalue weighted by atomic mass is 10.1. The largest absolute Gasteiger partial charge is 0.481 e. The van der Waals surface area contributed by atoms with E-state index in [1.807, 2.05) is 43.3 Å². The molecule has 0 spiro atoms. The van der Waals surface area contributed by atoms with E-state index in [0.717, 1.165) is 12.1 Å². The zero-order valence-corrected chi connectivity index (χ0v) is 15.8. The monoisotopic (exact) mass is 380 g/mol. The molecule has 0 saturated carbocycles. The van der Waals surface area contributed by atoms with Gasteiger partial charge in [-0.3, -0.25) is 9.78 Å². The number of ether oxygens (including phenoxy) is 1. The van der Waals surface area contributed by atoms with Gasteiger partial charge in [0.2, 0.25) is 0 Å². The maximum Gasteiger partial charge on any atom is 0.265 e. The third kappa shape index (κ3) is 5.56. The van der Waals surface area contributed by atoms with Crippen LogP contribution >= 0.6 is 11.6 Å². The van der Waals surface area contributed by atoms with E-state index in [1.54, 1.807) is 36.7 Å². The van der Waals surface area contributed by atoms with Crippen molar-refractivity contribution in [1.82, 2.24) is 4.98 Å². The number of amides is 1. The fourth-order valence-corrected chi connectivity index (χ4v) is 2.79. The van der Waals surface area contributed by atoms with E-state index in [9.17, 15) is 4.79 Å². The average molecular weight is 381 g/mol. The normalized spacial score (nSPS) is 11.6. The first-order chi connectivity index (χ1) is 13.1. The molecule has 0 bridgehead atoms. The first kappa shape index (κ1) is 18.9. The van der Waals surface area contributed by atoms with E-state index in [-0.39, 0.29) is 5.91 Å². The Morgan fingerprint density at radius 3 is 2.26 bits per heavy atom. The molecule has 0 radical (unpaired) electrons. The smallest absolute Gasteiger partial charge is 0.265 e. The average Bonchev–Trinajstić information content (AvgIpc) is 2.70. The summed E-state index contributed by atoms with van der Waals surface area (Å²) in [7, 11) is 0. The van der Waals surface area contributed by atoms with Gasteiger partial charge in [-0.05, 0) is 72.5 Å². The van der Waals surface area contributed by atoms with Gasteiger partial charge in [-0.1, -0.05) is 30.7 Å². The molecule has 138 valence electrons. The number of halogens is 1. The van der Waals surface area contributed by atoms with Crippen LogP contribution in [0.1, 0.15) is 24.5 Å². The van der Waals surface area contributed by atoms with E-state index in [2.05, 4.69) is 10.3 Å². The molecule has 1 unspecified atom stereocenters. The number of nitrogens with one attached hydrogen (secondary N) is 1. The first-order valence-corrected chi connectivity index (χ1v) is 9.23. The van der Waals surface area contributed by atoms with Crippen molar-refractivity contribution in [3.05, 3.63) is 89.2 Å². The van der Waals surface area contributed by atoms with E-state index >= 15 is 0 Å². The Hall–Kier alpha value is -2.85. The van der Waals surface area contributed by atoms with Gasteiger partial charge in [0.15, 0.2) is 6.10 Å². The van der Waals surface area contributed by atoms with E-state index in [4.69, 9.17) is 16.3 Å². The lowest BCUT2D eigenvalue weighted by Gasteiger charge is -2.17. The van der Waals surface area contributed by atoms with Crippen LogP contribution in [-0.4, -0.2) is 17.0 Å². The summed E-state index contributed by atoms with van der Waals surface area (Å²) in [4.78, 5) is 16.5. The molecule has 3 aromatic rings. The van der Waals surface area contributed by atoms with Crippen LogP contribution in [0, 0.1) is 0 Å². The minimum Gasteiger partial charge on any atom is -0.481 e. The van der Waals surface area contributed by atoms with Crippen LogP contribution < -0.4 is 10.1 Å². The standard InChI is InChI=1S/C22H21ClN2O2/c1-2-21(27-20-9-5-18(23)6-10-20)22(26)25-19-7-3-16(4-8-19)15-17-11-13-24-14-12-17/h3-14,21H,2,15H2,1H3,(H,25,26).